The normalized spacial score (nSPS) is 15.4. The van der Waals surface area contributed by atoms with E-state index in [0.717, 1.165) is 12.8 Å². The zero-order valence-corrected chi connectivity index (χ0v) is 12.7. The molecular formula is C16H24N2O3. The molecular weight excluding hydrogens is 268 g/mol. The molecule has 0 radical (unpaired) electrons. The lowest BCUT2D eigenvalue weighted by Crippen LogP contribution is -2.29. The molecule has 116 valence electrons. The molecule has 1 aliphatic rings. The molecule has 1 aliphatic carbocycles. The van der Waals surface area contributed by atoms with Gasteiger partial charge in [-0.1, -0.05) is 0 Å². The van der Waals surface area contributed by atoms with Crippen molar-refractivity contribution >= 4 is 11.6 Å². The Bertz CT molecular complexity index is 486. The fourth-order valence-corrected chi connectivity index (χ4v) is 2.25. The summed E-state index contributed by atoms with van der Waals surface area (Å²) < 4.78 is 11.0. The van der Waals surface area contributed by atoms with E-state index in [0.29, 0.717) is 42.7 Å². The van der Waals surface area contributed by atoms with Crippen molar-refractivity contribution in [1.82, 2.24) is 0 Å². The molecule has 5 nitrogen and oxygen atoms in total. The van der Waals surface area contributed by atoms with Crippen LogP contribution in [0.4, 0.5) is 5.69 Å². The smallest absolute Gasteiger partial charge is 0.226 e. The zero-order chi connectivity index (χ0) is 15.2. The lowest BCUT2D eigenvalue weighted by atomic mass is 10.1. The van der Waals surface area contributed by atoms with Crippen LogP contribution >= 0.6 is 0 Å². The van der Waals surface area contributed by atoms with E-state index in [1.807, 2.05) is 26.0 Å². The number of ether oxygens (including phenoxy) is 2. The molecule has 3 N–H and O–H groups in total. The van der Waals surface area contributed by atoms with Gasteiger partial charge in [-0.25, -0.2) is 0 Å². The van der Waals surface area contributed by atoms with Crippen molar-refractivity contribution in [3.05, 3.63) is 18.2 Å². The first-order chi connectivity index (χ1) is 10.1. The van der Waals surface area contributed by atoms with Crippen LogP contribution in [0.5, 0.6) is 11.5 Å². The third-order valence-corrected chi connectivity index (χ3v) is 3.48. The molecule has 5 heteroatoms. The van der Waals surface area contributed by atoms with E-state index in [1.165, 1.54) is 0 Å². The van der Waals surface area contributed by atoms with Crippen LogP contribution in [0, 0.1) is 5.92 Å². The maximum Gasteiger partial charge on any atom is 0.226 e. The largest absolute Gasteiger partial charge is 0.494 e. The first-order valence-electron chi connectivity index (χ1n) is 7.59. The van der Waals surface area contributed by atoms with E-state index in [2.05, 4.69) is 5.32 Å². The molecule has 21 heavy (non-hydrogen) atoms. The SMILES string of the molecule is CCOc1ccc(OCC)c(NC(=O)CC(N)C2CC2)c1. The predicted octanol–water partition coefficient (Wildman–Crippen LogP) is 2.55. The van der Waals surface area contributed by atoms with Gasteiger partial charge in [0.2, 0.25) is 5.91 Å². The highest BCUT2D eigenvalue weighted by Gasteiger charge is 2.29. The second-order valence-electron chi connectivity index (χ2n) is 5.28. The highest BCUT2D eigenvalue weighted by atomic mass is 16.5. The van der Waals surface area contributed by atoms with Gasteiger partial charge in [0, 0.05) is 18.5 Å². The summed E-state index contributed by atoms with van der Waals surface area (Å²) in [5.74, 6) is 1.79. The van der Waals surface area contributed by atoms with Gasteiger partial charge in [-0.3, -0.25) is 4.79 Å². The fraction of sp³-hybridized carbons (Fsp3) is 0.562. The molecule has 0 bridgehead atoms. The molecule has 0 saturated heterocycles. The number of carbonyl (C=O) groups is 1. The summed E-state index contributed by atoms with van der Waals surface area (Å²) in [7, 11) is 0. The number of nitrogens with one attached hydrogen (secondary N) is 1. The number of benzene rings is 1. The number of hydrogen-bond donors (Lipinski definition) is 2. The van der Waals surface area contributed by atoms with Crippen molar-refractivity contribution in [2.45, 2.75) is 39.2 Å². The van der Waals surface area contributed by atoms with Crippen LogP contribution < -0.4 is 20.5 Å². The minimum Gasteiger partial charge on any atom is -0.494 e. The van der Waals surface area contributed by atoms with Crippen LogP contribution in [-0.2, 0) is 4.79 Å². The van der Waals surface area contributed by atoms with Gasteiger partial charge in [0.1, 0.15) is 11.5 Å². The van der Waals surface area contributed by atoms with Gasteiger partial charge >= 0.3 is 0 Å². The van der Waals surface area contributed by atoms with Gasteiger partial charge in [0.05, 0.1) is 18.9 Å². The van der Waals surface area contributed by atoms with Gasteiger partial charge in [-0.05, 0) is 44.7 Å². The molecule has 0 heterocycles. The van der Waals surface area contributed by atoms with E-state index >= 15 is 0 Å². The van der Waals surface area contributed by atoms with Crippen molar-refractivity contribution in [3.63, 3.8) is 0 Å². The minimum atomic E-state index is -0.0796. The molecule has 1 aromatic carbocycles. The predicted molar refractivity (Wildman–Crippen MR) is 82.7 cm³/mol. The van der Waals surface area contributed by atoms with Gasteiger partial charge < -0.3 is 20.5 Å². The molecule has 1 atom stereocenters. The molecule has 0 aromatic heterocycles. The molecule has 0 spiro atoms. The summed E-state index contributed by atoms with van der Waals surface area (Å²) in [6.07, 6.45) is 2.62. The zero-order valence-electron chi connectivity index (χ0n) is 12.7. The molecule has 0 aliphatic heterocycles. The molecule has 1 unspecified atom stereocenters. The summed E-state index contributed by atoms with van der Waals surface area (Å²) in [5, 5.41) is 2.88. The Morgan fingerprint density at radius 3 is 2.67 bits per heavy atom. The van der Waals surface area contributed by atoms with Gasteiger partial charge in [-0.2, -0.15) is 0 Å². The summed E-state index contributed by atoms with van der Waals surface area (Å²) in [5.41, 5.74) is 6.63. The maximum atomic E-state index is 12.1. The standard InChI is InChI=1S/C16H24N2O3/c1-3-20-12-7-8-15(21-4-2)14(9-12)18-16(19)10-13(17)11-5-6-11/h7-9,11,13H,3-6,10,17H2,1-2H3,(H,18,19). The van der Waals surface area contributed by atoms with Gasteiger partial charge in [-0.15, -0.1) is 0 Å². The summed E-state index contributed by atoms with van der Waals surface area (Å²) >= 11 is 0. The van der Waals surface area contributed by atoms with Crippen molar-refractivity contribution < 1.29 is 14.3 Å². The lowest BCUT2D eigenvalue weighted by Gasteiger charge is -2.15. The van der Waals surface area contributed by atoms with Crippen molar-refractivity contribution in [2.24, 2.45) is 11.7 Å². The second-order valence-corrected chi connectivity index (χ2v) is 5.28. The molecule has 2 rings (SSSR count). The highest BCUT2D eigenvalue weighted by molar-refractivity contribution is 5.93. The van der Waals surface area contributed by atoms with E-state index < -0.39 is 0 Å². The van der Waals surface area contributed by atoms with Crippen LogP contribution in [0.3, 0.4) is 0 Å². The van der Waals surface area contributed by atoms with E-state index in [4.69, 9.17) is 15.2 Å². The van der Waals surface area contributed by atoms with Crippen LogP contribution in [0.15, 0.2) is 18.2 Å². The Kier molecular flexibility index (Phi) is 5.44. The first-order valence-corrected chi connectivity index (χ1v) is 7.59. The topological polar surface area (TPSA) is 73.6 Å². The van der Waals surface area contributed by atoms with E-state index in [1.54, 1.807) is 6.07 Å². The molecule has 1 amide bonds. The van der Waals surface area contributed by atoms with Crippen LogP contribution in [0.1, 0.15) is 33.1 Å². The third-order valence-electron chi connectivity index (χ3n) is 3.48. The average molecular weight is 292 g/mol. The van der Waals surface area contributed by atoms with Crippen LogP contribution in [0.2, 0.25) is 0 Å². The monoisotopic (exact) mass is 292 g/mol. The van der Waals surface area contributed by atoms with E-state index in [-0.39, 0.29) is 11.9 Å². The van der Waals surface area contributed by atoms with Crippen LogP contribution in [-0.4, -0.2) is 25.2 Å². The Morgan fingerprint density at radius 2 is 2.05 bits per heavy atom. The number of rotatable bonds is 8. The van der Waals surface area contributed by atoms with Crippen molar-refractivity contribution in [1.29, 1.82) is 0 Å². The average Bonchev–Trinajstić information content (AvgIpc) is 3.26. The van der Waals surface area contributed by atoms with Gasteiger partial charge in [0.25, 0.3) is 0 Å². The Hall–Kier alpha value is -1.75. The highest BCUT2D eigenvalue weighted by Crippen LogP contribution is 2.33. The first kappa shape index (κ1) is 15.6. The third kappa shape index (κ3) is 4.63. The van der Waals surface area contributed by atoms with Gasteiger partial charge in [0.15, 0.2) is 0 Å². The summed E-state index contributed by atoms with van der Waals surface area (Å²) in [6, 6.07) is 5.38. The van der Waals surface area contributed by atoms with Crippen molar-refractivity contribution in [3.8, 4) is 11.5 Å². The van der Waals surface area contributed by atoms with E-state index in [9.17, 15) is 4.79 Å². The number of carbonyl (C=O) groups excluding carboxylic acids is 1. The molecule has 1 aromatic rings. The minimum absolute atomic E-state index is 0.0457. The molecule has 1 saturated carbocycles. The van der Waals surface area contributed by atoms with Crippen LogP contribution in [0.25, 0.3) is 0 Å². The number of hydrogen-bond acceptors (Lipinski definition) is 4. The Morgan fingerprint density at radius 1 is 1.33 bits per heavy atom. The number of nitrogens with two attached hydrogens (primary N) is 1. The Labute approximate surface area is 125 Å². The number of anilines is 1. The summed E-state index contributed by atoms with van der Waals surface area (Å²) in [6.45, 7) is 4.95. The second kappa shape index (κ2) is 7.31. The number of amides is 1. The quantitative estimate of drug-likeness (QED) is 0.772. The summed E-state index contributed by atoms with van der Waals surface area (Å²) in [4.78, 5) is 12.1. The lowest BCUT2D eigenvalue weighted by molar-refractivity contribution is -0.116. The Balaban J connectivity index is 2.03. The molecule has 1 fully saturated rings. The van der Waals surface area contributed by atoms with Crippen molar-refractivity contribution in [2.75, 3.05) is 18.5 Å². The fourth-order valence-electron chi connectivity index (χ4n) is 2.25. The maximum absolute atomic E-state index is 12.1.